The number of nitrogens with zero attached hydrogens (tertiary/aromatic N) is 3. The summed E-state index contributed by atoms with van der Waals surface area (Å²) in [6, 6.07) is 2.23. The van der Waals surface area contributed by atoms with Gasteiger partial charge in [-0.05, 0) is 47.2 Å². The highest BCUT2D eigenvalue weighted by atomic mass is 127. The van der Waals surface area contributed by atoms with E-state index in [1.165, 1.54) is 22.3 Å². The Morgan fingerprint density at radius 1 is 1.41 bits per heavy atom. The van der Waals surface area contributed by atoms with Crippen molar-refractivity contribution in [2.45, 2.75) is 25.6 Å². The lowest BCUT2D eigenvalue weighted by Crippen LogP contribution is -2.36. The van der Waals surface area contributed by atoms with Gasteiger partial charge in [-0.1, -0.05) is 6.07 Å². The van der Waals surface area contributed by atoms with Gasteiger partial charge in [-0.2, -0.15) is 25.8 Å². The van der Waals surface area contributed by atoms with E-state index in [-0.39, 0.29) is 17.9 Å². The Bertz CT molecular complexity index is 1030. The highest BCUT2D eigenvalue weighted by Crippen LogP contribution is 2.32. The van der Waals surface area contributed by atoms with Crippen LogP contribution in [0.25, 0.3) is 4.96 Å². The molecular formula is C18H16F4IN3OS2. The number of carbonyl (C=O) groups excluding carboxylic acids is 1. The number of amides is 1. The maximum absolute atomic E-state index is 13.5. The molecule has 0 radical (unpaired) electrons. The molecule has 1 atom stereocenters. The van der Waals surface area contributed by atoms with E-state index in [1.807, 2.05) is 22.9 Å². The van der Waals surface area contributed by atoms with Crippen LogP contribution in [0.15, 0.2) is 29.8 Å². The Kier molecular flexibility index (Phi) is 6.78. The van der Waals surface area contributed by atoms with Crippen LogP contribution in [-0.4, -0.2) is 32.5 Å². The minimum Gasteiger partial charge on any atom is -0.333 e. The van der Waals surface area contributed by atoms with Crippen LogP contribution in [-0.2, 0) is 17.4 Å². The van der Waals surface area contributed by atoms with Crippen molar-refractivity contribution in [2.75, 3.05) is 12.3 Å². The molecule has 2 heterocycles. The maximum Gasteiger partial charge on any atom is 0.419 e. The molecule has 4 nitrogen and oxygen atoms in total. The van der Waals surface area contributed by atoms with Gasteiger partial charge < -0.3 is 4.90 Å². The standard InChI is InChI=1S/C18H16F4IN3OS2/c1-10(15-16(23)26-5-7-29-17(26)24-15)25(4-6-28)14(27)9-11-2-3-13(19)12(8-11)18(20,21)22/h2-3,5,7-8,10,28H,4,6,9H2,1H3/t10-/m1/s1. The lowest BCUT2D eigenvalue weighted by Gasteiger charge is -2.28. The van der Waals surface area contributed by atoms with Crippen LogP contribution in [0, 0.1) is 9.52 Å². The van der Waals surface area contributed by atoms with Crippen LogP contribution in [0.1, 0.15) is 29.8 Å². The van der Waals surface area contributed by atoms with Crippen LogP contribution in [0.2, 0.25) is 0 Å². The predicted octanol–water partition coefficient (Wildman–Crippen LogP) is 5.22. The number of rotatable bonds is 6. The van der Waals surface area contributed by atoms with Crippen molar-refractivity contribution in [1.29, 1.82) is 0 Å². The molecule has 0 unspecified atom stereocenters. The van der Waals surface area contributed by atoms with Crippen molar-refractivity contribution in [3.63, 3.8) is 0 Å². The Morgan fingerprint density at radius 2 is 2.14 bits per heavy atom. The van der Waals surface area contributed by atoms with Gasteiger partial charge in [0.15, 0.2) is 4.96 Å². The first-order chi connectivity index (χ1) is 13.6. The van der Waals surface area contributed by atoms with E-state index in [9.17, 15) is 22.4 Å². The zero-order chi connectivity index (χ0) is 21.3. The minimum atomic E-state index is -4.82. The van der Waals surface area contributed by atoms with Gasteiger partial charge in [-0.3, -0.25) is 9.20 Å². The van der Waals surface area contributed by atoms with E-state index in [0.29, 0.717) is 24.1 Å². The van der Waals surface area contributed by atoms with Gasteiger partial charge in [0, 0.05) is 23.9 Å². The zero-order valence-electron chi connectivity index (χ0n) is 15.1. The molecule has 0 spiro atoms. The lowest BCUT2D eigenvalue weighted by molar-refractivity contribution is -0.140. The Morgan fingerprint density at radius 3 is 2.76 bits per heavy atom. The van der Waals surface area contributed by atoms with E-state index in [1.54, 1.807) is 0 Å². The topological polar surface area (TPSA) is 37.6 Å². The molecular weight excluding hydrogens is 541 g/mol. The summed E-state index contributed by atoms with van der Waals surface area (Å²) in [4.78, 5) is 19.8. The minimum absolute atomic E-state index is 0.0978. The number of alkyl halides is 3. The summed E-state index contributed by atoms with van der Waals surface area (Å²) in [5, 5.41) is 1.91. The predicted molar refractivity (Wildman–Crippen MR) is 115 cm³/mol. The number of hydrogen-bond donors (Lipinski definition) is 1. The summed E-state index contributed by atoms with van der Waals surface area (Å²) in [5.74, 6) is -1.35. The van der Waals surface area contributed by atoms with Crippen molar-refractivity contribution < 1.29 is 22.4 Å². The fourth-order valence-electron chi connectivity index (χ4n) is 3.01. The first kappa shape index (κ1) is 22.3. The van der Waals surface area contributed by atoms with Gasteiger partial charge in [0.05, 0.1) is 23.7 Å². The van der Waals surface area contributed by atoms with Crippen molar-refractivity contribution in [2.24, 2.45) is 0 Å². The molecule has 0 bridgehead atoms. The number of imidazole rings is 1. The first-order valence-corrected chi connectivity index (χ1v) is 11.1. The van der Waals surface area contributed by atoms with Gasteiger partial charge >= 0.3 is 6.18 Å². The third-order valence-corrected chi connectivity index (χ3v) is 6.47. The average Bonchev–Trinajstić information content (AvgIpc) is 3.23. The summed E-state index contributed by atoms with van der Waals surface area (Å²) < 4.78 is 55.2. The summed E-state index contributed by atoms with van der Waals surface area (Å²) in [5.41, 5.74) is -0.566. The van der Waals surface area contributed by atoms with Crippen molar-refractivity contribution in [3.8, 4) is 0 Å². The smallest absolute Gasteiger partial charge is 0.333 e. The van der Waals surface area contributed by atoms with E-state index in [4.69, 9.17) is 0 Å². The number of halogens is 5. The van der Waals surface area contributed by atoms with E-state index in [0.717, 1.165) is 14.7 Å². The van der Waals surface area contributed by atoms with Crippen molar-refractivity contribution in [1.82, 2.24) is 14.3 Å². The molecule has 0 fully saturated rings. The highest BCUT2D eigenvalue weighted by Gasteiger charge is 2.34. The number of carbonyl (C=O) groups is 1. The SMILES string of the molecule is C[C@H](c1nc2sccn2c1I)N(CCS)C(=O)Cc1ccc(F)c(C(F)(F)F)c1. The molecule has 2 aromatic heterocycles. The van der Waals surface area contributed by atoms with E-state index < -0.39 is 23.6 Å². The number of hydrogen-bond acceptors (Lipinski definition) is 4. The maximum atomic E-state index is 13.5. The summed E-state index contributed by atoms with van der Waals surface area (Å²) >= 11 is 7.82. The summed E-state index contributed by atoms with van der Waals surface area (Å²) in [6.45, 7) is 2.12. The number of aromatic nitrogens is 2. The summed E-state index contributed by atoms with van der Waals surface area (Å²) in [6.07, 6.45) is -3.22. The third-order valence-electron chi connectivity index (χ3n) is 4.44. The van der Waals surface area contributed by atoms with Gasteiger partial charge in [-0.25, -0.2) is 9.37 Å². The van der Waals surface area contributed by atoms with Gasteiger partial charge in [0.2, 0.25) is 5.91 Å². The molecule has 156 valence electrons. The lowest BCUT2D eigenvalue weighted by atomic mass is 10.1. The molecule has 0 aliphatic carbocycles. The molecule has 11 heteroatoms. The van der Waals surface area contributed by atoms with Crippen LogP contribution >= 0.6 is 46.6 Å². The normalized spacial score (nSPS) is 13.1. The molecule has 29 heavy (non-hydrogen) atoms. The molecule has 0 saturated heterocycles. The molecule has 0 N–H and O–H groups in total. The fourth-order valence-corrected chi connectivity index (χ4v) is 5.07. The first-order valence-electron chi connectivity index (χ1n) is 8.50. The van der Waals surface area contributed by atoms with Gasteiger partial charge in [-0.15, -0.1) is 11.3 Å². The molecule has 0 aliphatic rings. The molecule has 0 aliphatic heterocycles. The van der Waals surface area contributed by atoms with Crippen molar-refractivity contribution >= 4 is 57.4 Å². The third kappa shape index (κ3) is 4.71. The Labute approximate surface area is 187 Å². The average molecular weight is 557 g/mol. The number of thiazole rings is 1. The molecule has 0 saturated carbocycles. The molecule has 1 aromatic carbocycles. The largest absolute Gasteiger partial charge is 0.419 e. The van der Waals surface area contributed by atoms with Crippen LogP contribution < -0.4 is 0 Å². The monoisotopic (exact) mass is 557 g/mol. The van der Waals surface area contributed by atoms with E-state index in [2.05, 4.69) is 40.2 Å². The zero-order valence-corrected chi connectivity index (χ0v) is 18.9. The van der Waals surface area contributed by atoms with Crippen LogP contribution in [0.4, 0.5) is 17.6 Å². The number of thiol groups is 1. The quantitative estimate of drug-likeness (QED) is 0.257. The summed E-state index contributed by atoms with van der Waals surface area (Å²) in [7, 11) is 0. The number of benzene rings is 1. The van der Waals surface area contributed by atoms with E-state index >= 15 is 0 Å². The molecule has 3 rings (SSSR count). The molecule has 1 amide bonds. The second kappa shape index (κ2) is 8.80. The van der Waals surface area contributed by atoms with Crippen molar-refractivity contribution in [3.05, 3.63) is 56.1 Å². The fraction of sp³-hybridized carbons (Fsp3) is 0.333. The Balaban J connectivity index is 1.86. The van der Waals surface area contributed by atoms with Crippen LogP contribution in [0.3, 0.4) is 0 Å². The van der Waals surface area contributed by atoms with Crippen LogP contribution in [0.5, 0.6) is 0 Å². The Hall–Kier alpha value is -1.34. The van der Waals surface area contributed by atoms with Gasteiger partial charge in [0.25, 0.3) is 0 Å². The second-order valence-electron chi connectivity index (χ2n) is 6.32. The highest BCUT2D eigenvalue weighted by molar-refractivity contribution is 14.1. The molecule has 3 aromatic rings. The van der Waals surface area contributed by atoms with Gasteiger partial charge in [0.1, 0.15) is 9.52 Å². The second-order valence-corrected chi connectivity index (χ2v) is 8.66. The number of fused-ring (bicyclic) bond motifs is 1.